The van der Waals surface area contributed by atoms with Crippen LogP contribution < -0.4 is 10.1 Å². The smallest absolute Gasteiger partial charge is 0.469 e. The standard InChI is InChI=1S/C29H29F9N2O5/c1-15-24(18-9-20(27(30,31)32)12-21(10-18)28(33,34)35)44-26(42)40(15)14-19-11-22(45-29(36,37)38)7-8-23(19)39-13-16-3-5-17(6-4-16)25(41)43-2/h7-12,15-17,24,39H,3-6,13-14H2,1-2H3/t15-,16?,17?,24-/m0/s1. The molecule has 45 heavy (non-hydrogen) atoms. The Bertz CT molecular complexity index is 1350. The van der Waals surface area contributed by atoms with Crippen LogP contribution in [0.5, 0.6) is 5.75 Å². The van der Waals surface area contributed by atoms with E-state index in [1.807, 2.05) is 0 Å². The van der Waals surface area contributed by atoms with E-state index in [0.29, 0.717) is 50.0 Å². The number of carbonyl (C=O) groups is 2. The molecule has 16 heteroatoms. The van der Waals surface area contributed by atoms with Crippen molar-refractivity contribution < 1.29 is 63.3 Å². The zero-order chi connectivity index (χ0) is 33.3. The number of esters is 1. The van der Waals surface area contributed by atoms with Crippen LogP contribution in [0.15, 0.2) is 36.4 Å². The molecule has 1 aliphatic heterocycles. The number of halogens is 9. The van der Waals surface area contributed by atoms with E-state index in [0.717, 1.165) is 17.0 Å². The number of hydrogen-bond donors (Lipinski definition) is 1. The maximum absolute atomic E-state index is 13.4. The van der Waals surface area contributed by atoms with Gasteiger partial charge < -0.3 is 19.5 Å². The highest BCUT2D eigenvalue weighted by Gasteiger charge is 2.43. The zero-order valence-corrected chi connectivity index (χ0v) is 23.9. The van der Waals surface area contributed by atoms with Crippen molar-refractivity contribution in [3.8, 4) is 5.75 Å². The molecule has 0 radical (unpaired) electrons. The van der Waals surface area contributed by atoms with Gasteiger partial charge in [-0.2, -0.15) is 26.3 Å². The maximum Gasteiger partial charge on any atom is 0.573 e. The quantitative estimate of drug-likeness (QED) is 0.229. The second-order valence-electron chi connectivity index (χ2n) is 11.0. The van der Waals surface area contributed by atoms with Gasteiger partial charge in [-0.05, 0) is 86.1 Å². The molecular formula is C29H29F9N2O5. The molecule has 1 aliphatic carbocycles. The van der Waals surface area contributed by atoms with Gasteiger partial charge in [-0.25, -0.2) is 4.79 Å². The van der Waals surface area contributed by atoms with Crippen molar-refractivity contribution in [3.05, 3.63) is 58.7 Å². The minimum Gasteiger partial charge on any atom is -0.469 e. The third-order valence-corrected chi connectivity index (χ3v) is 7.94. The number of alkyl halides is 9. The molecule has 4 rings (SSSR count). The van der Waals surface area contributed by atoms with Crippen LogP contribution in [0.1, 0.15) is 61.0 Å². The second kappa shape index (κ2) is 12.9. The molecular weight excluding hydrogens is 627 g/mol. The molecule has 1 amide bonds. The topological polar surface area (TPSA) is 77.1 Å². The molecule has 2 aliphatic rings. The van der Waals surface area contributed by atoms with Crippen LogP contribution in [0.25, 0.3) is 0 Å². The molecule has 2 aromatic carbocycles. The molecule has 1 saturated heterocycles. The number of nitrogens with one attached hydrogen (secondary N) is 1. The molecule has 2 atom stereocenters. The van der Waals surface area contributed by atoms with Crippen molar-refractivity contribution in [1.82, 2.24) is 4.90 Å². The fourth-order valence-electron chi connectivity index (χ4n) is 5.58. The Morgan fingerprint density at radius 1 is 0.933 bits per heavy atom. The van der Waals surface area contributed by atoms with E-state index in [1.165, 1.54) is 20.1 Å². The van der Waals surface area contributed by atoms with Crippen molar-refractivity contribution in [2.75, 3.05) is 19.0 Å². The average Bonchev–Trinajstić information content (AvgIpc) is 3.23. The number of nitrogens with zero attached hydrogens (tertiary/aromatic N) is 1. The van der Waals surface area contributed by atoms with Crippen LogP contribution in [0, 0.1) is 11.8 Å². The van der Waals surface area contributed by atoms with E-state index in [2.05, 4.69) is 10.1 Å². The first kappa shape index (κ1) is 34.0. The second-order valence-corrected chi connectivity index (χ2v) is 11.0. The highest BCUT2D eigenvalue weighted by atomic mass is 19.4. The molecule has 248 valence electrons. The van der Waals surface area contributed by atoms with Crippen LogP contribution in [-0.4, -0.2) is 43.0 Å². The van der Waals surface area contributed by atoms with Gasteiger partial charge in [-0.15, -0.1) is 13.2 Å². The molecule has 7 nitrogen and oxygen atoms in total. The number of hydrogen-bond acceptors (Lipinski definition) is 6. The minimum atomic E-state index is -5.13. The van der Waals surface area contributed by atoms with Gasteiger partial charge in [0.2, 0.25) is 0 Å². The molecule has 1 heterocycles. The summed E-state index contributed by atoms with van der Waals surface area (Å²) in [7, 11) is 1.31. The lowest BCUT2D eigenvalue weighted by atomic mass is 9.82. The maximum atomic E-state index is 13.4. The van der Waals surface area contributed by atoms with Crippen LogP contribution in [0.2, 0.25) is 0 Å². The van der Waals surface area contributed by atoms with E-state index in [1.54, 1.807) is 0 Å². The number of cyclic esters (lactones) is 1. The molecule has 0 aromatic heterocycles. The van der Waals surface area contributed by atoms with Crippen molar-refractivity contribution in [1.29, 1.82) is 0 Å². The van der Waals surface area contributed by atoms with Gasteiger partial charge in [0.05, 0.1) is 36.7 Å². The Morgan fingerprint density at radius 3 is 2.07 bits per heavy atom. The summed E-state index contributed by atoms with van der Waals surface area (Å²) in [6.07, 6.45) is -15.4. The van der Waals surface area contributed by atoms with Gasteiger partial charge in [-0.1, -0.05) is 0 Å². The Kier molecular flexibility index (Phi) is 9.73. The van der Waals surface area contributed by atoms with E-state index < -0.39 is 65.9 Å². The van der Waals surface area contributed by atoms with Gasteiger partial charge in [-0.3, -0.25) is 9.69 Å². The lowest BCUT2D eigenvalue weighted by molar-refractivity contribution is -0.274. The van der Waals surface area contributed by atoms with Crippen molar-refractivity contribution >= 4 is 17.7 Å². The number of ether oxygens (including phenoxy) is 3. The SMILES string of the molecule is COC(=O)C1CCC(CNc2ccc(OC(F)(F)F)cc2CN2C(=O)O[C@H](c3cc(C(F)(F)F)cc(C(F)(F)F)c3)[C@@H]2C)CC1. The number of rotatable bonds is 8. The van der Waals surface area contributed by atoms with Crippen molar-refractivity contribution in [2.24, 2.45) is 11.8 Å². The molecule has 1 saturated carbocycles. The van der Waals surface area contributed by atoms with E-state index in [4.69, 9.17) is 9.47 Å². The van der Waals surface area contributed by atoms with Crippen LogP contribution in [0.4, 0.5) is 50.0 Å². The molecule has 2 aromatic rings. The van der Waals surface area contributed by atoms with E-state index in [-0.39, 0.29) is 29.4 Å². The Morgan fingerprint density at radius 2 is 1.53 bits per heavy atom. The Hall–Kier alpha value is -3.85. The fourth-order valence-corrected chi connectivity index (χ4v) is 5.58. The zero-order valence-electron chi connectivity index (χ0n) is 23.9. The van der Waals surface area contributed by atoms with E-state index >= 15 is 0 Å². The fraction of sp³-hybridized carbons (Fsp3) is 0.517. The monoisotopic (exact) mass is 656 g/mol. The largest absolute Gasteiger partial charge is 0.573 e. The first-order valence-electron chi connectivity index (χ1n) is 13.8. The predicted octanol–water partition coefficient (Wildman–Crippen LogP) is 8.10. The summed E-state index contributed by atoms with van der Waals surface area (Å²) < 4.78 is 134. The number of benzene rings is 2. The lowest BCUT2D eigenvalue weighted by Gasteiger charge is -2.28. The number of amides is 1. The number of methoxy groups -OCH3 is 1. The summed E-state index contributed by atoms with van der Waals surface area (Å²) >= 11 is 0. The Balaban J connectivity index is 1.57. The molecule has 1 N–H and O–H groups in total. The highest BCUT2D eigenvalue weighted by Crippen LogP contribution is 2.42. The summed E-state index contributed by atoms with van der Waals surface area (Å²) in [5.41, 5.74) is -3.27. The Labute approximate surface area is 251 Å². The molecule has 2 fully saturated rings. The van der Waals surface area contributed by atoms with Crippen LogP contribution in [0.3, 0.4) is 0 Å². The lowest BCUT2D eigenvalue weighted by Crippen LogP contribution is -2.32. The predicted molar refractivity (Wildman–Crippen MR) is 140 cm³/mol. The van der Waals surface area contributed by atoms with Gasteiger partial charge in [0, 0.05) is 12.2 Å². The first-order valence-corrected chi connectivity index (χ1v) is 13.8. The summed E-state index contributed by atoms with van der Waals surface area (Å²) in [5.74, 6) is -1.02. The number of anilines is 1. The molecule has 0 bridgehead atoms. The third kappa shape index (κ3) is 8.45. The highest BCUT2D eigenvalue weighted by molar-refractivity contribution is 5.72. The van der Waals surface area contributed by atoms with Crippen molar-refractivity contribution in [2.45, 2.75) is 70.0 Å². The van der Waals surface area contributed by atoms with Gasteiger partial charge in [0.15, 0.2) is 0 Å². The first-order chi connectivity index (χ1) is 20.9. The normalized spacial score (nSPS) is 22.6. The van der Waals surface area contributed by atoms with Crippen LogP contribution >= 0.6 is 0 Å². The summed E-state index contributed by atoms with van der Waals surface area (Å²) in [6.45, 7) is 1.30. The van der Waals surface area contributed by atoms with Crippen molar-refractivity contribution in [3.63, 3.8) is 0 Å². The summed E-state index contributed by atoms with van der Waals surface area (Å²) in [4.78, 5) is 25.7. The van der Waals surface area contributed by atoms with Crippen LogP contribution in [-0.2, 0) is 33.2 Å². The number of carbonyl (C=O) groups excluding carboxylic acids is 2. The minimum absolute atomic E-state index is 0.0469. The average molecular weight is 657 g/mol. The summed E-state index contributed by atoms with van der Waals surface area (Å²) in [5, 5.41) is 3.14. The molecule has 0 unspecified atom stereocenters. The van der Waals surface area contributed by atoms with Gasteiger partial charge in [0.1, 0.15) is 11.9 Å². The third-order valence-electron chi connectivity index (χ3n) is 7.94. The summed E-state index contributed by atoms with van der Waals surface area (Å²) in [6, 6.07) is 3.17. The molecule has 0 spiro atoms. The van der Waals surface area contributed by atoms with Gasteiger partial charge in [0.25, 0.3) is 0 Å². The van der Waals surface area contributed by atoms with Gasteiger partial charge >= 0.3 is 30.8 Å². The van der Waals surface area contributed by atoms with E-state index in [9.17, 15) is 49.1 Å².